The number of rotatable bonds is 7. The fraction of sp³-hybridized carbons (Fsp3) is 0.333. The van der Waals surface area contributed by atoms with Gasteiger partial charge in [-0.25, -0.2) is 9.59 Å². The summed E-state index contributed by atoms with van der Waals surface area (Å²) in [5.74, 6) is -1.11. The highest BCUT2D eigenvalue weighted by Gasteiger charge is 2.25. The summed E-state index contributed by atoms with van der Waals surface area (Å²) in [7, 11) is 0. The van der Waals surface area contributed by atoms with Gasteiger partial charge in [-0.1, -0.05) is 18.2 Å². The van der Waals surface area contributed by atoms with E-state index < -0.39 is 29.7 Å². The molecule has 0 saturated heterocycles. The van der Waals surface area contributed by atoms with Crippen molar-refractivity contribution in [2.45, 2.75) is 45.8 Å². The summed E-state index contributed by atoms with van der Waals surface area (Å²) in [4.78, 5) is 38.6. The molecule has 0 fully saturated rings. The molecule has 0 heterocycles. The molecule has 8 heteroatoms. The molecule has 0 aliphatic rings. The van der Waals surface area contributed by atoms with Crippen molar-refractivity contribution in [1.29, 1.82) is 5.26 Å². The average molecular weight is 437 g/mol. The second-order valence-electron chi connectivity index (χ2n) is 7.99. The molecule has 2 amide bonds. The van der Waals surface area contributed by atoms with Gasteiger partial charge in [0.2, 0.25) is 0 Å². The molecule has 0 saturated carbocycles. The summed E-state index contributed by atoms with van der Waals surface area (Å²) >= 11 is 0. The van der Waals surface area contributed by atoms with Gasteiger partial charge in [0.1, 0.15) is 5.60 Å². The Labute approximate surface area is 187 Å². The van der Waals surface area contributed by atoms with Gasteiger partial charge >= 0.3 is 12.1 Å². The van der Waals surface area contributed by atoms with E-state index in [2.05, 4.69) is 5.32 Å². The molecule has 0 aromatic heterocycles. The first-order chi connectivity index (χ1) is 15.1. The zero-order chi connectivity index (χ0) is 23.7. The van der Waals surface area contributed by atoms with Crippen LogP contribution in [-0.2, 0) is 14.3 Å². The van der Waals surface area contributed by atoms with Gasteiger partial charge in [-0.3, -0.25) is 10.1 Å². The molecule has 8 nitrogen and oxygen atoms in total. The van der Waals surface area contributed by atoms with Crippen LogP contribution >= 0.6 is 0 Å². The van der Waals surface area contributed by atoms with E-state index in [1.54, 1.807) is 45.0 Å². The number of amides is 2. The van der Waals surface area contributed by atoms with Gasteiger partial charge in [-0.2, -0.15) is 5.26 Å². The summed E-state index contributed by atoms with van der Waals surface area (Å²) in [6.45, 7) is 6.95. The second kappa shape index (κ2) is 11.0. The van der Waals surface area contributed by atoms with Crippen LogP contribution in [0.3, 0.4) is 0 Å². The second-order valence-corrected chi connectivity index (χ2v) is 7.99. The van der Waals surface area contributed by atoms with Gasteiger partial charge in [-0.05, 0) is 64.1 Å². The minimum absolute atomic E-state index is 0.146. The van der Waals surface area contributed by atoms with E-state index in [0.717, 1.165) is 0 Å². The Morgan fingerprint density at radius 3 is 2.25 bits per heavy atom. The number of hydrogen-bond donors (Lipinski definition) is 1. The van der Waals surface area contributed by atoms with Crippen LogP contribution in [0.25, 0.3) is 0 Å². The zero-order valence-corrected chi connectivity index (χ0v) is 18.6. The van der Waals surface area contributed by atoms with Crippen molar-refractivity contribution in [2.75, 3.05) is 16.8 Å². The molecular formula is C24H27N3O5. The van der Waals surface area contributed by atoms with Crippen molar-refractivity contribution < 1.29 is 23.9 Å². The van der Waals surface area contributed by atoms with Crippen molar-refractivity contribution in [3.8, 4) is 6.07 Å². The molecule has 2 aromatic rings. The molecule has 1 N–H and O–H groups in total. The Balaban J connectivity index is 2.02. The van der Waals surface area contributed by atoms with Crippen LogP contribution in [0.5, 0.6) is 0 Å². The number of benzene rings is 2. The largest absolute Gasteiger partial charge is 0.449 e. The Hall–Kier alpha value is -3.86. The van der Waals surface area contributed by atoms with E-state index in [9.17, 15) is 14.4 Å². The molecule has 0 aliphatic carbocycles. The van der Waals surface area contributed by atoms with Crippen molar-refractivity contribution in [3.63, 3.8) is 0 Å². The van der Waals surface area contributed by atoms with Crippen molar-refractivity contribution in [2.24, 2.45) is 0 Å². The van der Waals surface area contributed by atoms with E-state index >= 15 is 0 Å². The van der Waals surface area contributed by atoms with E-state index in [1.165, 1.54) is 36.1 Å². The number of anilines is 2. The fourth-order valence-corrected chi connectivity index (χ4v) is 2.75. The molecule has 0 spiro atoms. The molecular weight excluding hydrogens is 410 g/mol. The summed E-state index contributed by atoms with van der Waals surface area (Å²) < 4.78 is 10.5. The molecule has 1 atom stereocenters. The van der Waals surface area contributed by atoms with Crippen LogP contribution in [0, 0.1) is 11.3 Å². The fourth-order valence-electron chi connectivity index (χ4n) is 2.75. The van der Waals surface area contributed by atoms with Gasteiger partial charge in [0, 0.05) is 17.9 Å². The Kier molecular flexibility index (Phi) is 8.36. The predicted octanol–water partition coefficient (Wildman–Crippen LogP) is 4.53. The van der Waals surface area contributed by atoms with Crippen LogP contribution in [0.2, 0.25) is 0 Å². The number of nitrogens with one attached hydrogen (secondary N) is 1. The monoisotopic (exact) mass is 437 g/mol. The Morgan fingerprint density at radius 1 is 1.06 bits per heavy atom. The molecule has 32 heavy (non-hydrogen) atoms. The third-order valence-electron chi connectivity index (χ3n) is 4.18. The van der Waals surface area contributed by atoms with Crippen LogP contribution in [0.15, 0.2) is 54.6 Å². The minimum Gasteiger partial charge on any atom is -0.449 e. The van der Waals surface area contributed by atoms with Gasteiger partial charge in [0.05, 0.1) is 18.1 Å². The third kappa shape index (κ3) is 7.43. The Bertz CT molecular complexity index is 975. The molecule has 0 radical (unpaired) electrons. The number of carbonyl (C=O) groups excluding carboxylic acids is 3. The van der Waals surface area contributed by atoms with Crippen LogP contribution in [-0.4, -0.2) is 36.2 Å². The van der Waals surface area contributed by atoms with E-state index in [4.69, 9.17) is 14.7 Å². The molecule has 0 aliphatic heterocycles. The molecule has 1 unspecified atom stereocenters. The number of carbonyl (C=O) groups is 3. The van der Waals surface area contributed by atoms with Crippen LogP contribution in [0.4, 0.5) is 16.2 Å². The summed E-state index contributed by atoms with van der Waals surface area (Å²) in [6, 6.07) is 16.9. The maximum absolute atomic E-state index is 12.9. The first kappa shape index (κ1) is 24.4. The van der Waals surface area contributed by atoms with Crippen LogP contribution in [0.1, 0.15) is 44.5 Å². The maximum atomic E-state index is 12.9. The maximum Gasteiger partial charge on any atom is 0.412 e. The highest BCUT2D eigenvalue weighted by Crippen LogP contribution is 2.18. The zero-order valence-electron chi connectivity index (χ0n) is 18.6. The lowest BCUT2D eigenvalue weighted by molar-refractivity contribution is -0.126. The highest BCUT2D eigenvalue weighted by atomic mass is 16.6. The number of esters is 1. The lowest BCUT2D eigenvalue weighted by Crippen LogP contribution is -2.40. The number of para-hydroxylation sites is 1. The molecule has 0 bridgehead atoms. The summed E-state index contributed by atoms with van der Waals surface area (Å²) in [5.41, 5.74) is 0.666. The lowest BCUT2D eigenvalue weighted by atomic mass is 10.2. The average Bonchev–Trinajstić information content (AvgIpc) is 2.73. The lowest BCUT2D eigenvalue weighted by Gasteiger charge is -2.25. The van der Waals surface area contributed by atoms with Crippen molar-refractivity contribution in [1.82, 2.24) is 0 Å². The topological polar surface area (TPSA) is 109 Å². The van der Waals surface area contributed by atoms with Crippen LogP contribution < -0.4 is 10.2 Å². The van der Waals surface area contributed by atoms with Gasteiger partial charge in [0.15, 0.2) is 6.10 Å². The molecule has 168 valence electrons. The number of nitrogens with zero attached hydrogens (tertiary/aromatic N) is 2. The standard InChI is InChI=1S/C24H27N3O5/c1-17(21(28)27(16-8-15-25)20-9-6-5-7-10-20)31-22(29)18-11-13-19(14-12-18)26-23(30)32-24(2,3)4/h5-7,9-14,17H,8,16H2,1-4H3,(H,26,30). The van der Waals surface area contributed by atoms with E-state index in [0.29, 0.717) is 11.4 Å². The third-order valence-corrected chi connectivity index (χ3v) is 4.18. The Morgan fingerprint density at radius 2 is 1.69 bits per heavy atom. The van der Waals surface area contributed by atoms with Crippen molar-refractivity contribution >= 4 is 29.3 Å². The highest BCUT2D eigenvalue weighted by molar-refractivity contribution is 5.99. The SMILES string of the molecule is CC(OC(=O)c1ccc(NC(=O)OC(C)(C)C)cc1)C(=O)N(CCC#N)c1ccccc1. The van der Waals surface area contributed by atoms with E-state index in [1.807, 2.05) is 12.1 Å². The predicted molar refractivity (Wildman–Crippen MR) is 120 cm³/mol. The normalized spacial score (nSPS) is 11.6. The smallest absolute Gasteiger partial charge is 0.412 e. The number of nitriles is 1. The first-order valence-electron chi connectivity index (χ1n) is 10.1. The van der Waals surface area contributed by atoms with E-state index in [-0.39, 0.29) is 18.5 Å². The molecule has 2 rings (SSSR count). The van der Waals surface area contributed by atoms with Gasteiger partial charge < -0.3 is 14.4 Å². The number of hydrogen-bond acceptors (Lipinski definition) is 6. The van der Waals surface area contributed by atoms with Crippen molar-refractivity contribution in [3.05, 3.63) is 60.2 Å². The number of ether oxygens (including phenoxy) is 2. The minimum atomic E-state index is -1.05. The first-order valence-corrected chi connectivity index (χ1v) is 10.1. The summed E-state index contributed by atoms with van der Waals surface area (Å²) in [6.07, 6.45) is -1.51. The molecule has 2 aromatic carbocycles. The summed E-state index contributed by atoms with van der Waals surface area (Å²) in [5, 5.41) is 11.5. The van der Waals surface area contributed by atoms with Gasteiger partial charge in [0.25, 0.3) is 5.91 Å². The quantitative estimate of drug-likeness (QED) is 0.638. The van der Waals surface area contributed by atoms with Gasteiger partial charge in [-0.15, -0.1) is 0 Å².